The first-order chi connectivity index (χ1) is 8.60. The predicted molar refractivity (Wildman–Crippen MR) is 72.2 cm³/mol. The standard InChI is InChI=1S/C13H10BrN3O/c1-17-8-10(14)6-12(17)13(18)16-11-4-2-3-9(5-11)7-15/h2-6,8H,1H3,(H,16,18). The van der Waals surface area contributed by atoms with E-state index >= 15 is 0 Å². The Morgan fingerprint density at radius 3 is 2.83 bits per heavy atom. The fraction of sp³-hybridized carbons (Fsp3) is 0.0769. The van der Waals surface area contributed by atoms with E-state index in [4.69, 9.17) is 5.26 Å². The van der Waals surface area contributed by atoms with Crippen LogP contribution in [0, 0.1) is 11.3 Å². The van der Waals surface area contributed by atoms with Crippen LogP contribution in [-0.2, 0) is 7.05 Å². The van der Waals surface area contributed by atoms with Crippen LogP contribution in [0.4, 0.5) is 5.69 Å². The van der Waals surface area contributed by atoms with Gasteiger partial charge in [0.15, 0.2) is 0 Å². The SMILES string of the molecule is Cn1cc(Br)cc1C(=O)Nc1cccc(C#N)c1. The summed E-state index contributed by atoms with van der Waals surface area (Å²) in [5, 5.41) is 11.5. The van der Waals surface area contributed by atoms with Gasteiger partial charge in [-0.05, 0) is 40.2 Å². The van der Waals surface area contributed by atoms with Crippen LogP contribution >= 0.6 is 15.9 Å². The lowest BCUT2D eigenvalue weighted by Gasteiger charge is -2.06. The molecule has 1 heterocycles. The van der Waals surface area contributed by atoms with Crippen LogP contribution in [0.25, 0.3) is 0 Å². The van der Waals surface area contributed by atoms with Crippen molar-refractivity contribution in [2.75, 3.05) is 5.32 Å². The minimum atomic E-state index is -0.210. The Kier molecular flexibility index (Phi) is 3.49. The summed E-state index contributed by atoms with van der Waals surface area (Å²) in [5.74, 6) is -0.210. The molecule has 90 valence electrons. The highest BCUT2D eigenvalue weighted by atomic mass is 79.9. The lowest BCUT2D eigenvalue weighted by atomic mass is 10.2. The van der Waals surface area contributed by atoms with Crippen LogP contribution < -0.4 is 5.32 Å². The third-order valence-electron chi connectivity index (χ3n) is 2.45. The molecule has 0 saturated carbocycles. The molecule has 0 atom stereocenters. The highest BCUT2D eigenvalue weighted by Gasteiger charge is 2.11. The van der Waals surface area contributed by atoms with Gasteiger partial charge in [0.25, 0.3) is 5.91 Å². The fourth-order valence-corrected chi connectivity index (χ4v) is 2.14. The molecule has 0 spiro atoms. The van der Waals surface area contributed by atoms with Crippen LogP contribution in [0.15, 0.2) is 41.0 Å². The molecule has 18 heavy (non-hydrogen) atoms. The van der Waals surface area contributed by atoms with Crippen LogP contribution in [0.3, 0.4) is 0 Å². The molecule has 1 N–H and O–H groups in total. The summed E-state index contributed by atoms with van der Waals surface area (Å²) in [4.78, 5) is 12.0. The highest BCUT2D eigenvalue weighted by molar-refractivity contribution is 9.10. The summed E-state index contributed by atoms with van der Waals surface area (Å²) in [6.07, 6.45) is 1.81. The van der Waals surface area contributed by atoms with Gasteiger partial charge in [-0.15, -0.1) is 0 Å². The number of nitrogens with zero attached hydrogens (tertiary/aromatic N) is 2. The molecule has 0 aliphatic carbocycles. The van der Waals surface area contributed by atoms with Gasteiger partial charge in [0.05, 0.1) is 11.6 Å². The van der Waals surface area contributed by atoms with Crippen molar-refractivity contribution in [1.29, 1.82) is 5.26 Å². The summed E-state index contributed by atoms with van der Waals surface area (Å²) in [6.45, 7) is 0. The van der Waals surface area contributed by atoms with E-state index in [1.807, 2.05) is 6.07 Å². The summed E-state index contributed by atoms with van der Waals surface area (Å²) >= 11 is 3.32. The van der Waals surface area contributed by atoms with E-state index in [-0.39, 0.29) is 5.91 Å². The maximum Gasteiger partial charge on any atom is 0.272 e. The predicted octanol–water partition coefficient (Wildman–Crippen LogP) is 2.91. The van der Waals surface area contributed by atoms with Crippen LogP contribution in [0.1, 0.15) is 16.1 Å². The number of halogens is 1. The molecule has 0 saturated heterocycles. The zero-order valence-corrected chi connectivity index (χ0v) is 11.2. The van der Waals surface area contributed by atoms with Gasteiger partial charge in [-0.3, -0.25) is 4.79 Å². The van der Waals surface area contributed by atoms with E-state index in [0.29, 0.717) is 16.9 Å². The van der Waals surface area contributed by atoms with Crippen LogP contribution in [0.5, 0.6) is 0 Å². The average molecular weight is 304 g/mol. The second-order valence-electron chi connectivity index (χ2n) is 3.80. The topological polar surface area (TPSA) is 57.8 Å². The average Bonchev–Trinajstić information content (AvgIpc) is 2.69. The van der Waals surface area contributed by atoms with Crippen molar-refractivity contribution in [3.05, 3.63) is 52.3 Å². The van der Waals surface area contributed by atoms with Crippen molar-refractivity contribution in [1.82, 2.24) is 4.57 Å². The molecule has 5 heteroatoms. The Labute approximate surface area is 113 Å². The zero-order valence-electron chi connectivity index (χ0n) is 9.64. The normalized spacial score (nSPS) is 9.83. The van der Waals surface area contributed by atoms with Gasteiger partial charge < -0.3 is 9.88 Å². The second-order valence-corrected chi connectivity index (χ2v) is 4.72. The summed E-state index contributed by atoms with van der Waals surface area (Å²) in [7, 11) is 1.80. The van der Waals surface area contributed by atoms with E-state index in [1.54, 1.807) is 48.1 Å². The van der Waals surface area contributed by atoms with Gasteiger partial charge >= 0.3 is 0 Å². The first kappa shape index (κ1) is 12.4. The molecule has 2 rings (SSSR count). The van der Waals surface area contributed by atoms with Crippen LogP contribution in [0.2, 0.25) is 0 Å². The molecule has 0 radical (unpaired) electrons. The van der Waals surface area contributed by atoms with Crippen molar-refractivity contribution in [3.8, 4) is 6.07 Å². The Bertz CT molecular complexity index is 640. The first-order valence-electron chi connectivity index (χ1n) is 5.23. The van der Waals surface area contributed by atoms with Crippen molar-refractivity contribution < 1.29 is 4.79 Å². The monoisotopic (exact) mass is 303 g/mol. The summed E-state index contributed by atoms with van der Waals surface area (Å²) in [6, 6.07) is 10.6. The highest BCUT2D eigenvalue weighted by Crippen LogP contribution is 2.16. The third kappa shape index (κ3) is 2.60. The van der Waals surface area contributed by atoms with Gasteiger partial charge in [0.2, 0.25) is 0 Å². The Balaban J connectivity index is 2.21. The number of amides is 1. The molecule has 0 aliphatic rings. The van der Waals surface area contributed by atoms with E-state index in [0.717, 1.165) is 4.47 Å². The molecule has 0 bridgehead atoms. The van der Waals surface area contributed by atoms with E-state index in [9.17, 15) is 4.79 Å². The Hall–Kier alpha value is -2.06. The van der Waals surface area contributed by atoms with Crippen molar-refractivity contribution >= 4 is 27.5 Å². The number of carbonyl (C=O) groups is 1. The number of nitriles is 1. The number of hydrogen-bond acceptors (Lipinski definition) is 2. The second kappa shape index (κ2) is 5.07. The van der Waals surface area contributed by atoms with E-state index < -0.39 is 0 Å². The molecule has 0 fully saturated rings. The molecule has 1 aromatic heterocycles. The maximum atomic E-state index is 12.0. The minimum Gasteiger partial charge on any atom is -0.345 e. The Morgan fingerprint density at radius 2 is 2.22 bits per heavy atom. The molecule has 1 amide bonds. The maximum absolute atomic E-state index is 12.0. The van der Waals surface area contributed by atoms with E-state index in [2.05, 4.69) is 21.2 Å². The molecule has 4 nitrogen and oxygen atoms in total. The number of aromatic nitrogens is 1. The van der Waals surface area contributed by atoms with Gasteiger partial charge in [-0.25, -0.2) is 0 Å². The molecule has 1 aromatic carbocycles. The number of benzene rings is 1. The van der Waals surface area contributed by atoms with Crippen molar-refractivity contribution in [3.63, 3.8) is 0 Å². The molecule has 2 aromatic rings. The van der Waals surface area contributed by atoms with Gasteiger partial charge in [0, 0.05) is 23.4 Å². The summed E-state index contributed by atoms with van der Waals surface area (Å²) in [5.41, 5.74) is 1.67. The first-order valence-corrected chi connectivity index (χ1v) is 6.03. The molecule has 0 unspecified atom stereocenters. The fourth-order valence-electron chi connectivity index (χ4n) is 1.61. The van der Waals surface area contributed by atoms with Gasteiger partial charge in [0.1, 0.15) is 5.69 Å². The lowest BCUT2D eigenvalue weighted by molar-refractivity contribution is 0.101. The number of nitrogens with one attached hydrogen (secondary N) is 1. The van der Waals surface area contributed by atoms with Crippen molar-refractivity contribution in [2.24, 2.45) is 7.05 Å². The van der Waals surface area contributed by atoms with E-state index in [1.165, 1.54) is 0 Å². The molecule has 0 aliphatic heterocycles. The molecular formula is C13H10BrN3O. The lowest BCUT2D eigenvalue weighted by Crippen LogP contribution is -2.15. The van der Waals surface area contributed by atoms with Gasteiger partial charge in [-0.2, -0.15) is 5.26 Å². The minimum absolute atomic E-state index is 0.210. The van der Waals surface area contributed by atoms with Crippen LogP contribution in [-0.4, -0.2) is 10.5 Å². The smallest absolute Gasteiger partial charge is 0.272 e. The number of carbonyl (C=O) groups excluding carboxylic acids is 1. The Morgan fingerprint density at radius 1 is 1.44 bits per heavy atom. The van der Waals surface area contributed by atoms with Crippen molar-refractivity contribution in [2.45, 2.75) is 0 Å². The summed E-state index contributed by atoms with van der Waals surface area (Å²) < 4.78 is 2.58. The zero-order chi connectivity index (χ0) is 13.1. The number of aryl methyl sites for hydroxylation is 1. The number of hydrogen-bond donors (Lipinski definition) is 1. The van der Waals surface area contributed by atoms with Gasteiger partial charge in [-0.1, -0.05) is 6.07 Å². The molecular weight excluding hydrogens is 294 g/mol. The number of rotatable bonds is 2. The third-order valence-corrected chi connectivity index (χ3v) is 2.89. The largest absolute Gasteiger partial charge is 0.345 e. The quantitative estimate of drug-likeness (QED) is 0.927. The number of anilines is 1.